The summed E-state index contributed by atoms with van der Waals surface area (Å²) >= 11 is 0. The van der Waals surface area contributed by atoms with Crippen LogP contribution in [0.3, 0.4) is 0 Å². The summed E-state index contributed by atoms with van der Waals surface area (Å²) < 4.78 is 4.78. The molecule has 1 heterocycles. The quantitative estimate of drug-likeness (QED) is 0.625. The van der Waals surface area contributed by atoms with Crippen LogP contribution in [-0.2, 0) is 9.53 Å². The first kappa shape index (κ1) is 9.52. The molecule has 1 aliphatic heterocycles. The second-order valence-electron chi connectivity index (χ2n) is 3.30. The van der Waals surface area contributed by atoms with Gasteiger partial charge in [0.15, 0.2) is 0 Å². The lowest BCUT2D eigenvalue weighted by molar-refractivity contribution is -0.130. The van der Waals surface area contributed by atoms with Gasteiger partial charge in [0.1, 0.15) is 0 Å². The van der Waals surface area contributed by atoms with E-state index in [-0.39, 0.29) is 0 Å². The third-order valence-corrected chi connectivity index (χ3v) is 2.57. The second-order valence-corrected chi connectivity index (χ2v) is 3.30. The van der Waals surface area contributed by atoms with Crippen molar-refractivity contribution in [1.82, 2.24) is 5.32 Å². The Hall–Kier alpha value is -0.570. The van der Waals surface area contributed by atoms with Crippen molar-refractivity contribution in [2.24, 2.45) is 5.92 Å². The highest BCUT2D eigenvalue weighted by Crippen LogP contribution is 2.17. The minimum atomic E-state index is 0.498. The third-order valence-electron chi connectivity index (χ3n) is 2.57. The molecular formula is C9H17NO2. The van der Waals surface area contributed by atoms with Crippen LogP contribution in [0.4, 0.5) is 0 Å². The van der Waals surface area contributed by atoms with E-state index < -0.39 is 0 Å². The molecule has 0 aliphatic carbocycles. The molecule has 1 saturated heterocycles. The monoisotopic (exact) mass is 171 g/mol. The highest BCUT2D eigenvalue weighted by atomic mass is 16.5. The second kappa shape index (κ2) is 5.14. The zero-order valence-corrected chi connectivity index (χ0v) is 7.58. The molecule has 70 valence electrons. The third kappa shape index (κ3) is 2.48. The number of rotatable bonds is 5. The molecular weight excluding hydrogens is 154 g/mol. The van der Waals surface area contributed by atoms with Gasteiger partial charge in [0.25, 0.3) is 6.47 Å². The number of ether oxygens (including phenoxy) is 1. The Labute approximate surface area is 73.5 Å². The van der Waals surface area contributed by atoms with Crippen LogP contribution in [0.5, 0.6) is 0 Å². The molecule has 12 heavy (non-hydrogen) atoms. The van der Waals surface area contributed by atoms with Crippen LogP contribution < -0.4 is 5.32 Å². The minimum Gasteiger partial charge on any atom is -0.468 e. The summed E-state index contributed by atoms with van der Waals surface area (Å²) in [6.07, 6.45) is 3.55. The maximum Gasteiger partial charge on any atom is 0.293 e. The first-order valence-electron chi connectivity index (χ1n) is 4.67. The molecule has 0 saturated carbocycles. The number of nitrogens with one attached hydrogen (secondary N) is 1. The van der Waals surface area contributed by atoms with Gasteiger partial charge < -0.3 is 10.1 Å². The Kier molecular flexibility index (Phi) is 4.08. The lowest BCUT2D eigenvalue weighted by Crippen LogP contribution is -2.32. The van der Waals surface area contributed by atoms with Gasteiger partial charge in [-0.15, -0.1) is 0 Å². The van der Waals surface area contributed by atoms with E-state index in [0.29, 0.717) is 25.0 Å². The van der Waals surface area contributed by atoms with E-state index in [4.69, 9.17) is 4.74 Å². The van der Waals surface area contributed by atoms with Crippen molar-refractivity contribution in [3.63, 3.8) is 0 Å². The van der Waals surface area contributed by atoms with Crippen molar-refractivity contribution in [2.75, 3.05) is 13.2 Å². The molecule has 1 rings (SSSR count). The van der Waals surface area contributed by atoms with Crippen LogP contribution in [0.1, 0.15) is 26.2 Å². The Balaban J connectivity index is 2.27. The molecule has 0 aromatic carbocycles. The molecule has 1 aliphatic rings. The summed E-state index contributed by atoms with van der Waals surface area (Å²) in [4.78, 5) is 10.00. The van der Waals surface area contributed by atoms with Crippen LogP contribution in [-0.4, -0.2) is 25.7 Å². The standard InChI is InChI=1S/C9H17NO2/c1-2-8(6-12-7-11)9-4-3-5-10-9/h7-10H,2-6H2,1H3. The summed E-state index contributed by atoms with van der Waals surface area (Å²) in [7, 11) is 0. The van der Waals surface area contributed by atoms with Crippen molar-refractivity contribution in [1.29, 1.82) is 0 Å². The number of carbonyl (C=O) groups excluding carboxylic acids is 1. The predicted molar refractivity (Wildman–Crippen MR) is 46.8 cm³/mol. The van der Waals surface area contributed by atoms with E-state index in [1.54, 1.807) is 0 Å². The van der Waals surface area contributed by atoms with E-state index in [9.17, 15) is 4.79 Å². The Morgan fingerprint density at radius 2 is 2.58 bits per heavy atom. The fraction of sp³-hybridized carbons (Fsp3) is 0.889. The molecule has 1 fully saturated rings. The van der Waals surface area contributed by atoms with Gasteiger partial charge in [-0.1, -0.05) is 6.92 Å². The fourth-order valence-corrected chi connectivity index (χ4v) is 1.80. The molecule has 2 unspecified atom stereocenters. The SMILES string of the molecule is CCC(COC=O)C1CCCN1. The van der Waals surface area contributed by atoms with Crippen molar-refractivity contribution in [3.8, 4) is 0 Å². The normalized spacial score (nSPS) is 25.2. The van der Waals surface area contributed by atoms with E-state index >= 15 is 0 Å². The van der Waals surface area contributed by atoms with Crippen molar-refractivity contribution in [3.05, 3.63) is 0 Å². The summed E-state index contributed by atoms with van der Waals surface area (Å²) in [6.45, 7) is 4.36. The minimum absolute atomic E-state index is 0.498. The number of hydrogen-bond acceptors (Lipinski definition) is 3. The zero-order chi connectivity index (χ0) is 8.81. The summed E-state index contributed by atoms with van der Waals surface area (Å²) in [6, 6.07) is 0.565. The summed E-state index contributed by atoms with van der Waals surface area (Å²) in [5, 5.41) is 3.42. The molecule has 3 heteroatoms. The number of carbonyl (C=O) groups is 1. The van der Waals surface area contributed by atoms with E-state index in [2.05, 4.69) is 12.2 Å². The van der Waals surface area contributed by atoms with Gasteiger partial charge in [-0.3, -0.25) is 4.79 Å². The van der Waals surface area contributed by atoms with Gasteiger partial charge in [0, 0.05) is 12.0 Å². The predicted octanol–water partition coefficient (Wildman–Crippen LogP) is 0.938. The number of hydrogen-bond donors (Lipinski definition) is 1. The van der Waals surface area contributed by atoms with Gasteiger partial charge in [0.2, 0.25) is 0 Å². The van der Waals surface area contributed by atoms with E-state index in [1.165, 1.54) is 12.8 Å². The smallest absolute Gasteiger partial charge is 0.293 e. The molecule has 1 N–H and O–H groups in total. The van der Waals surface area contributed by atoms with Crippen LogP contribution >= 0.6 is 0 Å². The summed E-state index contributed by atoms with van der Waals surface area (Å²) in [5.74, 6) is 0.498. The average molecular weight is 171 g/mol. The first-order valence-corrected chi connectivity index (χ1v) is 4.67. The highest BCUT2D eigenvalue weighted by Gasteiger charge is 2.23. The Morgan fingerprint density at radius 3 is 3.08 bits per heavy atom. The molecule has 0 bridgehead atoms. The molecule has 0 spiro atoms. The van der Waals surface area contributed by atoms with Gasteiger partial charge in [-0.25, -0.2) is 0 Å². The Bertz CT molecular complexity index is 132. The highest BCUT2D eigenvalue weighted by molar-refractivity contribution is 5.36. The van der Waals surface area contributed by atoms with Crippen LogP contribution in [0.2, 0.25) is 0 Å². The van der Waals surface area contributed by atoms with Gasteiger partial charge in [0.05, 0.1) is 6.61 Å². The van der Waals surface area contributed by atoms with Crippen LogP contribution in [0.25, 0.3) is 0 Å². The van der Waals surface area contributed by atoms with Crippen molar-refractivity contribution < 1.29 is 9.53 Å². The van der Waals surface area contributed by atoms with Crippen molar-refractivity contribution >= 4 is 6.47 Å². The topological polar surface area (TPSA) is 38.3 Å². The molecule has 0 aromatic heterocycles. The van der Waals surface area contributed by atoms with E-state index in [0.717, 1.165) is 13.0 Å². The van der Waals surface area contributed by atoms with Gasteiger partial charge in [-0.05, 0) is 25.8 Å². The van der Waals surface area contributed by atoms with Crippen LogP contribution in [0, 0.1) is 5.92 Å². The maximum atomic E-state index is 10.00. The summed E-state index contributed by atoms with van der Waals surface area (Å²) in [5.41, 5.74) is 0. The maximum absolute atomic E-state index is 10.00. The molecule has 0 radical (unpaired) electrons. The zero-order valence-electron chi connectivity index (χ0n) is 7.58. The van der Waals surface area contributed by atoms with Gasteiger partial charge >= 0.3 is 0 Å². The lowest BCUT2D eigenvalue weighted by atomic mass is 9.97. The average Bonchev–Trinajstić information content (AvgIpc) is 2.59. The van der Waals surface area contributed by atoms with Gasteiger partial charge in [-0.2, -0.15) is 0 Å². The fourth-order valence-electron chi connectivity index (χ4n) is 1.80. The largest absolute Gasteiger partial charge is 0.468 e. The Morgan fingerprint density at radius 1 is 1.75 bits per heavy atom. The van der Waals surface area contributed by atoms with E-state index in [1.807, 2.05) is 0 Å². The molecule has 3 nitrogen and oxygen atoms in total. The lowest BCUT2D eigenvalue weighted by Gasteiger charge is -2.20. The van der Waals surface area contributed by atoms with Crippen molar-refractivity contribution in [2.45, 2.75) is 32.2 Å². The molecule has 2 atom stereocenters. The molecule has 0 amide bonds. The first-order chi connectivity index (χ1) is 5.88. The van der Waals surface area contributed by atoms with Crippen LogP contribution in [0.15, 0.2) is 0 Å². The molecule has 0 aromatic rings.